The van der Waals surface area contributed by atoms with Crippen LogP contribution in [0.1, 0.15) is 19.4 Å². The maximum atomic E-state index is 11.5. The highest BCUT2D eigenvalue weighted by Crippen LogP contribution is 2.11. The Morgan fingerprint density at radius 1 is 1.25 bits per heavy atom. The molecule has 0 bridgehead atoms. The molecule has 0 heterocycles. The molecule has 0 aliphatic rings. The number of carbonyl (C=O) groups excluding carboxylic acids is 1. The summed E-state index contributed by atoms with van der Waals surface area (Å²) in [5.41, 5.74) is 1.39. The van der Waals surface area contributed by atoms with Gasteiger partial charge in [-0.1, -0.05) is 26.0 Å². The fourth-order valence-electron chi connectivity index (χ4n) is 1.34. The summed E-state index contributed by atoms with van der Waals surface area (Å²) in [4.78, 5) is 10.9. The molecule has 7 nitrogen and oxygen atoms in total. The van der Waals surface area contributed by atoms with Gasteiger partial charge < -0.3 is 10.1 Å². The average molecular weight is 301 g/mol. The zero-order valence-electron chi connectivity index (χ0n) is 11.6. The third-order valence-electron chi connectivity index (χ3n) is 2.32. The monoisotopic (exact) mass is 301 g/mol. The van der Waals surface area contributed by atoms with Gasteiger partial charge in [0.25, 0.3) is 0 Å². The summed E-state index contributed by atoms with van der Waals surface area (Å²) in [7, 11) is -2.89. The van der Waals surface area contributed by atoms with Gasteiger partial charge in [0.15, 0.2) is 0 Å². The Morgan fingerprint density at radius 3 is 2.35 bits per heavy atom. The van der Waals surface area contributed by atoms with E-state index in [9.17, 15) is 13.2 Å². The van der Waals surface area contributed by atoms with Crippen LogP contribution >= 0.6 is 0 Å². The number of carbonyl (C=O) groups is 1. The van der Waals surface area contributed by atoms with E-state index in [1.54, 1.807) is 29.0 Å². The summed E-state index contributed by atoms with van der Waals surface area (Å²) in [6.45, 7) is 4.78. The third-order valence-corrected chi connectivity index (χ3v) is 3.26. The molecule has 3 N–H and O–H groups in total. The molecule has 0 radical (unpaired) electrons. The first-order valence-electron chi connectivity index (χ1n) is 6.03. The summed E-state index contributed by atoms with van der Waals surface area (Å²) >= 11 is 0. The lowest BCUT2D eigenvalue weighted by Gasteiger charge is -2.10. The number of methoxy groups -OCH3 is 1. The first-order chi connectivity index (χ1) is 9.32. The molecule has 20 heavy (non-hydrogen) atoms. The van der Waals surface area contributed by atoms with Gasteiger partial charge in [-0.3, -0.25) is 4.72 Å². The number of amides is 1. The van der Waals surface area contributed by atoms with Gasteiger partial charge in [-0.15, -0.1) is 0 Å². The first kappa shape index (κ1) is 16.3. The standard InChI is InChI=1S/C12H19N3O4S/c1-9(2)13-8-10-4-6-11(7-5-10)14-20(17,18)15-12(16)19-3/h4-7,9,13-14H,8H2,1-3H3,(H,15,16). The Bertz CT molecular complexity index is 540. The van der Waals surface area contributed by atoms with Crippen molar-refractivity contribution in [2.45, 2.75) is 26.4 Å². The molecule has 112 valence electrons. The van der Waals surface area contributed by atoms with E-state index in [0.717, 1.165) is 12.7 Å². The van der Waals surface area contributed by atoms with Crippen LogP contribution in [-0.2, 0) is 21.5 Å². The van der Waals surface area contributed by atoms with E-state index in [1.165, 1.54) is 0 Å². The van der Waals surface area contributed by atoms with Crippen molar-refractivity contribution in [1.82, 2.24) is 10.0 Å². The van der Waals surface area contributed by atoms with Gasteiger partial charge >= 0.3 is 16.3 Å². The van der Waals surface area contributed by atoms with E-state index in [4.69, 9.17) is 0 Å². The van der Waals surface area contributed by atoms with Gasteiger partial charge in [-0.25, -0.2) is 9.52 Å². The van der Waals surface area contributed by atoms with Crippen LogP contribution in [0.5, 0.6) is 0 Å². The number of benzene rings is 1. The average Bonchev–Trinajstić information content (AvgIpc) is 2.36. The minimum absolute atomic E-state index is 0.356. The van der Waals surface area contributed by atoms with Crippen LogP contribution in [0.25, 0.3) is 0 Å². The Morgan fingerprint density at radius 2 is 1.85 bits per heavy atom. The number of ether oxygens (including phenoxy) is 1. The van der Waals surface area contributed by atoms with E-state index in [1.807, 2.05) is 13.8 Å². The van der Waals surface area contributed by atoms with Gasteiger partial charge in [0.05, 0.1) is 12.8 Å². The van der Waals surface area contributed by atoms with Crippen molar-refractivity contribution in [1.29, 1.82) is 0 Å². The number of hydrogen-bond donors (Lipinski definition) is 3. The van der Waals surface area contributed by atoms with Crippen molar-refractivity contribution in [3.63, 3.8) is 0 Å². The largest absolute Gasteiger partial charge is 0.452 e. The lowest BCUT2D eigenvalue weighted by molar-refractivity contribution is 0.177. The van der Waals surface area contributed by atoms with Gasteiger partial charge in [0, 0.05) is 12.6 Å². The summed E-state index contributed by atoms with van der Waals surface area (Å²) in [5.74, 6) is 0. The van der Waals surface area contributed by atoms with Gasteiger partial charge in [-0.05, 0) is 17.7 Å². The van der Waals surface area contributed by atoms with Crippen LogP contribution in [0.4, 0.5) is 10.5 Å². The van der Waals surface area contributed by atoms with E-state index in [2.05, 4.69) is 14.8 Å². The number of nitrogens with one attached hydrogen (secondary N) is 3. The first-order valence-corrected chi connectivity index (χ1v) is 7.51. The van der Waals surface area contributed by atoms with Crippen LogP contribution < -0.4 is 14.8 Å². The molecule has 1 aromatic carbocycles. The number of hydrogen-bond acceptors (Lipinski definition) is 5. The molecule has 8 heteroatoms. The molecular weight excluding hydrogens is 282 g/mol. The minimum atomic E-state index is -3.97. The SMILES string of the molecule is COC(=O)NS(=O)(=O)Nc1ccc(CNC(C)C)cc1. The minimum Gasteiger partial charge on any atom is -0.452 e. The molecule has 0 saturated carbocycles. The van der Waals surface area contributed by atoms with Gasteiger partial charge in [0.2, 0.25) is 0 Å². The molecule has 1 rings (SSSR count). The summed E-state index contributed by atoms with van der Waals surface area (Å²) in [6, 6.07) is 7.20. The summed E-state index contributed by atoms with van der Waals surface area (Å²) in [5, 5.41) is 3.25. The predicted octanol–water partition coefficient (Wildman–Crippen LogP) is 1.20. The van der Waals surface area contributed by atoms with E-state index in [0.29, 0.717) is 18.3 Å². The van der Waals surface area contributed by atoms with Crippen molar-refractivity contribution in [2.24, 2.45) is 0 Å². The number of anilines is 1. The van der Waals surface area contributed by atoms with E-state index >= 15 is 0 Å². The van der Waals surface area contributed by atoms with Crippen LogP contribution in [0.15, 0.2) is 24.3 Å². The van der Waals surface area contributed by atoms with Crippen LogP contribution in [0.2, 0.25) is 0 Å². The van der Waals surface area contributed by atoms with Crippen molar-refractivity contribution in [2.75, 3.05) is 11.8 Å². The second-order valence-corrected chi connectivity index (χ2v) is 5.85. The highest BCUT2D eigenvalue weighted by molar-refractivity contribution is 7.91. The maximum Gasteiger partial charge on any atom is 0.422 e. The molecule has 0 atom stereocenters. The molecule has 0 aliphatic heterocycles. The van der Waals surface area contributed by atoms with Crippen molar-refractivity contribution in [3.05, 3.63) is 29.8 Å². The van der Waals surface area contributed by atoms with Crippen molar-refractivity contribution in [3.8, 4) is 0 Å². The Balaban J connectivity index is 2.63. The Labute approximate surface area is 118 Å². The van der Waals surface area contributed by atoms with Gasteiger partial charge in [0.1, 0.15) is 0 Å². The molecule has 0 saturated heterocycles. The molecular formula is C12H19N3O4S. The third kappa shape index (κ3) is 5.89. The highest BCUT2D eigenvalue weighted by atomic mass is 32.2. The maximum absolute atomic E-state index is 11.5. The fraction of sp³-hybridized carbons (Fsp3) is 0.417. The molecule has 0 fully saturated rings. The van der Waals surface area contributed by atoms with Crippen molar-refractivity contribution < 1.29 is 17.9 Å². The Hall–Kier alpha value is -1.80. The lowest BCUT2D eigenvalue weighted by Crippen LogP contribution is -2.35. The quantitative estimate of drug-likeness (QED) is 0.733. The molecule has 0 unspecified atom stereocenters. The normalized spacial score (nSPS) is 11.2. The van der Waals surface area contributed by atoms with E-state index in [-0.39, 0.29) is 0 Å². The lowest BCUT2D eigenvalue weighted by atomic mass is 10.2. The van der Waals surface area contributed by atoms with Crippen LogP contribution in [0.3, 0.4) is 0 Å². The molecule has 0 aromatic heterocycles. The topological polar surface area (TPSA) is 96.5 Å². The van der Waals surface area contributed by atoms with Crippen LogP contribution in [0, 0.1) is 0 Å². The summed E-state index contributed by atoms with van der Waals surface area (Å²) in [6.07, 6.45) is -1.05. The number of rotatable bonds is 6. The zero-order chi connectivity index (χ0) is 15.2. The fourth-order valence-corrected chi connectivity index (χ4v) is 2.14. The molecule has 0 aliphatic carbocycles. The van der Waals surface area contributed by atoms with Crippen LogP contribution in [-0.4, -0.2) is 27.7 Å². The highest BCUT2D eigenvalue weighted by Gasteiger charge is 2.14. The molecule has 1 amide bonds. The second-order valence-electron chi connectivity index (χ2n) is 4.43. The van der Waals surface area contributed by atoms with E-state index < -0.39 is 16.3 Å². The Kier molecular flexibility index (Phi) is 5.78. The smallest absolute Gasteiger partial charge is 0.422 e. The molecule has 0 spiro atoms. The van der Waals surface area contributed by atoms with Gasteiger partial charge in [-0.2, -0.15) is 8.42 Å². The van der Waals surface area contributed by atoms with Crippen molar-refractivity contribution >= 4 is 22.0 Å². The molecule has 1 aromatic rings. The predicted molar refractivity (Wildman–Crippen MR) is 76.5 cm³/mol. The summed E-state index contributed by atoms with van der Waals surface area (Å²) < 4.78 is 31.2. The zero-order valence-corrected chi connectivity index (χ0v) is 12.5. The second kappa shape index (κ2) is 7.11.